The van der Waals surface area contributed by atoms with Crippen molar-refractivity contribution >= 4 is 16.8 Å². The molecule has 0 fully saturated rings. The maximum absolute atomic E-state index is 12.7. The minimum absolute atomic E-state index is 0.0413. The Morgan fingerprint density at radius 3 is 2.83 bits per heavy atom. The molecule has 0 aliphatic heterocycles. The number of hydrogen-bond donors (Lipinski definition) is 0. The summed E-state index contributed by atoms with van der Waals surface area (Å²) in [5, 5.41) is 7.34. The van der Waals surface area contributed by atoms with Gasteiger partial charge < -0.3 is 0 Å². The number of carbonyl (C=O) groups is 1. The molecule has 0 aromatic carbocycles. The number of aromatic nitrogens is 1. The molecule has 1 aromatic rings. The summed E-state index contributed by atoms with van der Waals surface area (Å²) < 4.78 is 12.7. The Balaban J connectivity index is 3.28. The minimum atomic E-state index is -1.01. The fraction of sp³-hybridized carbons (Fsp3) is 0. The van der Waals surface area contributed by atoms with Gasteiger partial charge in [0.25, 0.3) is 5.24 Å². The highest BCUT2D eigenvalue weighted by molar-refractivity contribution is 6.67. The van der Waals surface area contributed by atoms with E-state index in [-0.39, 0.29) is 5.69 Å². The summed E-state index contributed by atoms with van der Waals surface area (Å²) in [7, 11) is 0. The van der Waals surface area contributed by atoms with Gasteiger partial charge in [-0.15, -0.1) is 0 Å². The summed E-state index contributed by atoms with van der Waals surface area (Å²) in [6.07, 6.45) is 0. The van der Waals surface area contributed by atoms with Crippen molar-refractivity contribution in [3.05, 3.63) is 29.3 Å². The van der Waals surface area contributed by atoms with Gasteiger partial charge in [0.1, 0.15) is 11.8 Å². The van der Waals surface area contributed by atoms with E-state index in [0.29, 0.717) is 0 Å². The third kappa shape index (κ3) is 1.57. The lowest BCUT2D eigenvalue weighted by atomic mass is 10.3. The van der Waals surface area contributed by atoms with Crippen LogP contribution >= 0.6 is 11.6 Å². The molecular weight excluding hydrogens is 183 g/mol. The predicted octanol–water partition coefficient (Wildman–Crippen LogP) is 1.47. The zero-order valence-corrected chi connectivity index (χ0v) is 6.47. The lowest BCUT2D eigenvalue weighted by Crippen LogP contribution is -2.00. The first kappa shape index (κ1) is 8.62. The fourth-order valence-electron chi connectivity index (χ4n) is 0.642. The molecule has 0 radical (unpaired) electrons. The number of halogens is 2. The van der Waals surface area contributed by atoms with Gasteiger partial charge in [0.2, 0.25) is 0 Å². The maximum Gasteiger partial charge on any atom is 0.273 e. The molecule has 1 rings (SSSR count). The standard InChI is InChI=1S/C7H2ClFN2O/c8-7(12)6-5(9)2-1-4(3-10)11-6/h1-2H. The van der Waals surface area contributed by atoms with Crippen LogP contribution in [0.3, 0.4) is 0 Å². The predicted molar refractivity (Wildman–Crippen MR) is 39.1 cm³/mol. The van der Waals surface area contributed by atoms with Gasteiger partial charge in [-0.05, 0) is 23.7 Å². The van der Waals surface area contributed by atoms with Crippen LogP contribution < -0.4 is 0 Å². The molecule has 0 spiro atoms. The molecule has 0 amide bonds. The number of nitriles is 1. The van der Waals surface area contributed by atoms with Gasteiger partial charge in [-0.1, -0.05) is 0 Å². The minimum Gasteiger partial charge on any atom is -0.274 e. The van der Waals surface area contributed by atoms with Crippen molar-refractivity contribution in [2.45, 2.75) is 0 Å². The number of rotatable bonds is 1. The van der Waals surface area contributed by atoms with E-state index >= 15 is 0 Å². The van der Waals surface area contributed by atoms with Crippen molar-refractivity contribution in [2.24, 2.45) is 0 Å². The van der Waals surface area contributed by atoms with Crippen LogP contribution in [0.15, 0.2) is 12.1 Å². The van der Waals surface area contributed by atoms with Crippen LogP contribution in [-0.2, 0) is 0 Å². The largest absolute Gasteiger partial charge is 0.274 e. The molecule has 60 valence electrons. The summed E-state index contributed by atoms with van der Waals surface area (Å²) in [5.74, 6) is -0.825. The van der Waals surface area contributed by atoms with E-state index in [0.717, 1.165) is 6.07 Å². The van der Waals surface area contributed by atoms with E-state index in [1.807, 2.05) is 0 Å². The molecule has 1 aromatic heterocycles. The van der Waals surface area contributed by atoms with Crippen LogP contribution in [0.2, 0.25) is 0 Å². The Morgan fingerprint density at radius 1 is 1.67 bits per heavy atom. The van der Waals surface area contributed by atoms with E-state index in [1.54, 1.807) is 6.07 Å². The van der Waals surface area contributed by atoms with Crippen molar-refractivity contribution in [2.75, 3.05) is 0 Å². The Bertz CT molecular complexity index is 372. The van der Waals surface area contributed by atoms with E-state index in [2.05, 4.69) is 4.98 Å². The van der Waals surface area contributed by atoms with Crippen LogP contribution in [0.4, 0.5) is 4.39 Å². The van der Waals surface area contributed by atoms with Gasteiger partial charge in [-0.2, -0.15) is 5.26 Å². The summed E-state index contributed by atoms with van der Waals surface area (Å²) in [5.41, 5.74) is -0.559. The summed E-state index contributed by atoms with van der Waals surface area (Å²) in [4.78, 5) is 13.9. The van der Waals surface area contributed by atoms with E-state index < -0.39 is 16.8 Å². The Kier molecular flexibility index (Phi) is 2.36. The second-order valence-electron chi connectivity index (χ2n) is 1.91. The highest BCUT2D eigenvalue weighted by Gasteiger charge is 2.11. The third-order valence-corrected chi connectivity index (χ3v) is 1.33. The normalized spacial score (nSPS) is 9.08. The van der Waals surface area contributed by atoms with Gasteiger partial charge >= 0.3 is 0 Å². The summed E-state index contributed by atoms with van der Waals surface area (Å²) >= 11 is 4.99. The van der Waals surface area contributed by atoms with Gasteiger partial charge in [0.15, 0.2) is 11.5 Å². The molecule has 0 bridgehead atoms. The first-order chi connectivity index (χ1) is 5.65. The first-order valence-electron chi connectivity index (χ1n) is 2.91. The van der Waals surface area contributed by atoms with E-state index in [9.17, 15) is 9.18 Å². The van der Waals surface area contributed by atoms with Gasteiger partial charge in [-0.3, -0.25) is 4.79 Å². The summed E-state index contributed by atoms with van der Waals surface area (Å²) in [6.45, 7) is 0. The van der Waals surface area contributed by atoms with Crippen LogP contribution in [-0.4, -0.2) is 10.2 Å². The molecule has 1 heterocycles. The average Bonchev–Trinajstić information content (AvgIpc) is 2.05. The quantitative estimate of drug-likeness (QED) is 0.621. The fourth-order valence-corrected chi connectivity index (χ4v) is 0.775. The van der Waals surface area contributed by atoms with Crippen LogP contribution in [0.25, 0.3) is 0 Å². The number of hydrogen-bond acceptors (Lipinski definition) is 3. The van der Waals surface area contributed by atoms with Crippen molar-refractivity contribution in [3.63, 3.8) is 0 Å². The molecule has 0 saturated heterocycles. The topological polar surface area (TPSA) is 53.8 Å². The molecule has 0 aliphatic rings. The molecule has 5 heteroatoms. The Morgan fingerprint density at radius 2 is 2.33 bits per heavy atom. The highest BCUT2D eigenvalue weighted by atomic mass is 35.5. The van der Waals surface area contributed by atoms with Gasteiger partial charge in [0.05, 0.1) is 0 Å². The molecule has 0 aliphatic carbocycles. The second-order valence-corrected chi connectivity index (χ2v) is 2.26. The van der Waals surface area contributed by atoms with Crippen molar-refractivity contribution in [3.8, 4) is 6.07 Å². The number of nitrogens with zero attached hydrogens (tertiary/aromatic N) is 2. The third-order valence-electron chi connectivity index (χ3n) is 1.15. The molecule has 0 unspecified atom stereocenters. The Hall–Kier alpha value is -1.47. The van der Waals surface area contributed by atoms with Crippen molar-refractivity contribution in [1.82, 2.24) is 4.98 Å². The number of carbonyl (C=O) groups excluding carboxylic acids is 1. The van der Waals surface area contributed by atoms with Crippen LogP contribution in [0.1, 0.15) is 16.2 Å². The van der Waals surface area contributed by atoms with Crippen molar-refractivity contribution in [1.29, 1.82) is 5.26 Å². The number of pyridine rings is 1. The van der Waals surface area contributed by atoms with E-state index in [4.69, 9.17) is 16.9 Å². The zero-order valence-electron chi connectivity index (χ0n) is 5.71. The average molecular weight is 185 g/mol. The Labute approximate surface area is 72.4 Å². The molecule has 0 atom stereocenters. The lowest BCUT2D eigenvalue weighted by molar-refractivity contribution is 0.107. The highest BCUT2D eigenvalue weighted by Crippen LogP contribution is 2.07. The maximum atomic E-state index is 12.7. The SMILES string of the molecule is N#Cc1ccc(F)c(C(=O)Cl)n1. The van der Waals surface area contributed by atoms with Crippen LogP contribution in [0.5, 0.6) is 0 Å². The summed E-state index contributed by atoms with van der Waals surface area (Å²) in [6, 6.07) is 3.80. The van der Waals surface area contributed by atoms with E-state index in [1.165, 1.54) is 6.07 Å². The second kappa shape index (κ2) is 3.28. The zero-order chi connectivity index (χ0) is 9.14. The molecule has 12 heavy (non-hydrogen) atoms. The van der Waals surface area contributed by atoms with Gasteiger partial charge in [-0.25, -0.2) is 9.37 Å². The molecular formula is C7H2ClFN2O. The monoisotopic (exact) mass is 184 g/mol. The van der Waals surface area contributed by atoms with Crippen LogP contribution in [0, 0.1) is 17.1 Å². The smallest absolute Gasteiger partial charge is 0.273 e. The molecule has 3 nitrogen and oxygen atoms in total. The van der Waals surface area contributed by atoms with Crippen molar-refractivity contribution < 1.29 is 9.18 Å². The lowest BCUT2D eigenvalue weighted by Gasteiger charge is -1.94. The van der Waals surface area contributed by atoms with Gasteiger partial charge in [0, 0.05) is 0 Å². The molecule has 0 saturated carbocycles. The first-order valence-corrected chi connectivity index (χ1v) is 3.29. The molecule has 0 N–H and O–H groups in total.